The molecule has 0 aromatic rings. The zero-order chi connectivity index (χ0) is 12.2. The summed E-state index contributed by atoms with van der Waals surface area (Å²) in [5, 5.41) is 0. The number of allylic oxidation sites excluding steroid dienone is 2. The smallest absolute Gasteiger partial charge is 0.233 e. The average Bonchev–Trinajstić information content (AvgIpc) is 2.89. The van der Waals surface area contributed by atoms with Crippen molar-refractivity contribution < 1.29 is 17.6 Å². The summed E-state index contributed by atoms with van der Waals surface area (Å²) in [6.45, 7) is 6.91. The molecule has 2 aliphatic carbocycles. The minimum absolute atomic E-state index is 0.387. The molecule has 3 atom stereocenters. The van der Waals surface area contributed by atoms with Crippen molar-refractivity contribution in [1.29, 1.82) is 0 Å². The molecule has 0 aromatic carbocycles. The maximum absolute atomic E-state index is 14.2. The van der Waals surface area contributed by atoms with Gasteiger partial charge < -0.3 is 0 Å². The van der Waals surface area contributed by atoms with Crippen molar-refractivity contribution >= 4 is 0 Å². The van der Waals surface area contributed by atoms with Crippen LogP contribution >= 0.6 is 0 Å². The Hall–Kier alpha value is -0.800. The van der Waals surface area contributed by atoms with Crippen molar-refractivity contribution in [1.82, 2.24) is 0 Å². The van der Waals surface area contributed by atoms with Crippen LogP contribution in [0.25, 0.3) is 0 Å². The van der Waals surface area contributed by atoms with Gasteiger partial charge in [0.25, 0.3) is 0 Å². The van der Waals surface area contributed by atoms with Crippen LogP contribution in [-0.4, -0.2) is 11.8 Å². The highest BCUT2D eigenvalue weighted by Gasteiger charge is 2.74. The summed E-state index contributed by atoms with van der Waals surface area (Å²) >= 11 is 0. The molecule has 0 radical (unpaired) electrons. The second-order valence-corrected chi connectivity index (χ2v) is 4.85. The van der Waals surface area contributed by atoms with E-state index in [4.69, 9.17) is 0 Å². The summed E-state index contributed by atoms with van der Waals surface area (Å²) in [5.41, 5.74) is -3.68. The van der Waals surface area contributed by atoms with E-state index in [1.807, 2.05) is 0 Å². The average molecular weight is 234 g/mol. The highest BCUT2D eigenvalue weighted by Crippen LogP contribution is 2.71. The van der Waals surface area contributed by atoms with Crippen LogP contribution in [0.1, 0.15) is 19.3 Å². The molecular weight excluding hydrogens is 220 g/mol. The first-order chi connectivity index (χ1) is 7.32. The number of hydrogen-bond acceptors (Lipinski definition) is 0. The highest BCUT2D eigenvalue weighted by atomic mass is 19.4. The molecule has 0 aliphatic heterocycles. The van der Waals surface area contributed by atoms with Gasteiger partial charge in [-0.25, -0.2) is 4.39 Å². The molecule has 0 bridgehead atoms. The van der Waals surface area contributed by atoms with Crippen LogP contribution in [-0.2, 0) is 0 Å². The van der Waals surface area contributed by atoms with Crippen LogP contribution in [0.4, 0.5) is 17.6 Å². The predicted octanol–water partition coefficient (Wildman–Crippen LogP) is 4.05. The molecule has 0 saturated heterocycles. The summed E-state index contributed by atoms with van der Waals surface area (Å²) < 4.78 is 52.6. The van der Waals surface area contributed by atoms with Crippen LogP contribution in [0, 0.1) is 17.3 Å². The van der Waals surface area contributed by atoms with Gasteiger partial charge in [0.05, 0.1) is 0 Å². The molecular formula is C12H14F4. The maximum atomic E-state index is 14.2. The molecule has 2 saturated carbocycles. The van der Waals surface area contributed by atoms with Gasteiger partial charge in [0.2, 0.25) is 5.67 Å². The van der Waals surface area contributed by atoms with Crippen LogP contribution in [0.15, 0.2) is 25.3 Å². The molecule has 1 spiro atoms. The summed E-state index contributed by atoms with van der Waals surface area (Å²) in [6.07, 6.45) is -1.43. The molecule has 2 rings (SSSR count). The fourth-order valence-electron chi connectivity index (χ4n) is 3.19. The Morgan fingerprint density at radius 3 is 2.00 bits per heavy atom. The molecule has 2 fully saturated rings. The molecule has 4 heteroatoms. The topological polar surface area (TPSA) is 0 Å². The molecule has 0 nitrogen and oxygen atoms in total. The van der Waals surface area contributed by atoms with Crippen LogP contribution in [0.5, 0.6) is 0 Å². The van der Waals surface area contributed by atoms with Gasteiger partial charge in [0.15, 0.2) is 0 Å². The highest BCUT2D eigenvalue weighted by molar-refractivity contribution is 5.24. The van der Waals surface area contributed by atoms with E-state index in [2.05, 4.69) is 13.2 Å². The van der Waals surface area contributed by atoms with Gasteiger partial charge in [-0.3, -0.25) is 0 Å². The van der Waals surface area contributed by atoms with E-state index >= 15 is 0 Å². The first kappa shape index (κ1) is 11.7. The Morgan fingerprint density at radius 2 is 1.69 bits per heavy atom. The van der Waals surface area contributed by atoms with E-state index in [1.54, 1.807) is 0 Å². The first-order valence-electron chi connectivity index (χ1n) is 5.32. The Balaban J connectivity index is 2.43. The Labute approximate surface area is 92.0 Å². The fraction of sp³-hybridized carbons (Fsp3) is 0.667. The molecule has 0 unspecified atom stereocenters. The third-order valence-corrected chi connectivity index (χ3v) is 4.19. The monoisotopic (exact) mass is 234 g/mol. The SMILES string of the molecule is C=C[C@@H]1C[C@](F)(C(F)(F)F)[C@H](C=C)C12CC2. The minimum Gasteiger partial charge on any atom is -0.233 e. The predicted molar refractivity (Wildman–Crippen MR) is 53.6 cm³/mol. The molecule has 0 heterocycles. The normalized spacial score (nSPS) is 41.0. The maximum Gasteiger partial charge on any atom is 0.423 e. The van der Waals surface area contributed by atoms with E-state index < -0.39 is 29.6 Å². The lowest BCUT2D eigenvalue weighted by molar-refractivity contribution is -0.239. The van der Waals surface area contributed by atoms with E-state index in [0.29, 0.717) is 12.8 Å². The fourth-order valence-corrected chi connectivity index (χ4v) is 3.19. The van der Waals surface area contributed by atoms with E-state index in [0.717, 1.165) is 6.08 Å². The molecule has 90 valence electrons. The van der Waals surface area contributed by atoms with Gasteiger partial charge in [-0.15, -0.1) is 13.2 Å². The number of alkyl halides is 4. The second-order valence-electron chi connectivity index (χ2n) is 4.85. The van der Waals surface area contributed by atoms with Crippen molar-refractivity contribution in [2.45, 2.75) is 31.1 Å². The Bertz CT molecular complexity index is 326. The van der Waals surface area contributed by atoms with Crippen molar-refractivity contribution in [3.8, 4) is 0 Å². The number of rotatable bonds is 2. The van der Waals surface area contributed by atoms with Gasteiger partial charge in [-0.05, 0) is 30.6 Å². The summed E-state index contributed by atoms with van der Waals surface area (Å²) in [5.74, 6) is -1.51. The summed E-state index contributed by atoms with van der Waals surface area (Å²) in [6, 6.07) is 0. The first-order valence-corrected chi connectivity index (χ1v) is 5.32. The standard InChI is InChI=1S/C12H14F4/c1-3-8-7-11(13,12(14,15)16)9(4-2)10(8)5-6-10/h3-4,8-9H,1-2,5-7H2/t8-,9-,11-/m1/s1. The third-order valence-electron chi connectivity index (χ3n) is 4.19. The van der Waals surface area contributed by atoms with Crippen molar-refractivity contribution in [3.63, 3.8) is 0 Å². The molecule has 0 amide bonds. The van der Waals surface area contributed by atoms with Gasteiger partial charge in [-0.2, -0.15) is 13.2 Å². The van der Waals surface area contributed by atoms with E-state index in [9.17, 15) is 17.6 Å². The van der Waals surface area contributed by atoms with Crippen molar-refractivity contribution in [3.05, 3.63) is 25.3 Å². The van der Waals surface area contributed by atoms with Crippen LogP contribution < -0.4 is 0 Å². The molecule has 2 aliphatic rings. The third kappa shape index (κ3) is 1.22. The lowest BCUT2D eigenvalue weighted by atomic mass is 9.82. The Kier molecular flexibility index (Phi) is 2.27. The van der Waals surface area contributed by atoms with Crippen LogP contribution in [0.3, 0.4) is 0 Å². The summed E-state index contributed by atoms with van der Waals surface area (Å²) in [4.78, 5) is 0. The molecule has 0 N–H and O–H groups in total. The summed E-state index contributed by atoms with van der Waals surface area (Å²) in [7, 11) is 0. The largest absolute Gasteiger partial charge is 0.423 e. The Morgan fingerprint density at radius 1 is 1.12 bits per heavy atom. The van der Waals surface area contributed by atoms with E-state index in [1.165, 1.54) is 6.08 Å². The van der Waals surface area contributed by atoms with E-state index in [-0.39, 0.29) is 5.92 Å². The second kappa shape index (κ2) is 3.11. The zero-order valence-corrected chi connectivity index (χ0v) is 8.86. The van der Waals surface area contributed by atoms with Gasteiger partial charge in [0, 0.05) is 5.92 Å². The van der Waals surface area contributed by atoms with Gasteiger partial charge in [-0.1, -0.05) is 12.2 Å². The molecule has 0 aromatic heterocycles. The van der Waals surface area contributed by atoms with Gasteiger partial charge >= 0.3 is 6.18 Å². The lowest BCUT2D eigenvalue weighted by Gasteiger charge is -2.30. The lowest BCUT2D eigenvalue weighted by Crippen LogP contribution is -2.44. The quantitative estimate of drug-likeness (QED) is 0.499. The number of hydrogen-bond donors (Lipinski definition) is 0. The number of halogens is 4. The zero-order valence-electron chi connectivity index (χ0n) is 8.86. The van der Waals surface area contributed by atoms with Crippen molar-refractivity contribution in [2.75, 3.05) is 0 Å². The van der Waals surface area contributed by atoms with Gasteiger partial charge in [0.1, 0.15) is 0 Å². The van der Waals surface area contributed by atoms with Crippen LogP contribution in [0.2, 0.25) is 0 Å². The van der Waals surface area contributed by atoms with Crippen molar-refractivity contribution in [2.24, 2.45) is 17.3 Å². The molecule has 16 heavy (non-hydrogen) atoms. The minimum atomic E-state index is -4.82.